The second kappa shape index (κ2) is 3.37. The van der Waals surface area contributed by atoms with Crippen molar-refractivity contribution in [1.82, 2.24) is 4.90 Å². The summed E-state index contributed by atoms with van der Waals surface area (Å²) in [5.41, 5.74) is -0.531. The minimum atomic E-state index is -1.25. The summed E-state index contributed by atoms with van der Waals surface area (Å²) in [6.07, 6.45) is 0. The molecule has 0 spiro atoms. The van der Waals surface area contributed by atoms with Gasteiger partial charge in [0.05, 0.1) is 11.1 Å². The number of imide groups is 1. The molecule has 0 saturated carbocycles. The van der Waals surface area contributed by atoms with Crippen LogP contribution in [0, 0.1) is 11.6 Å². The van der Waals surface area contributed by atoms with E-state index in [0.29, 0.717) is 0 Å². The Morgan fingerprint density at radius 1 is 1.12 bits per heavy atom. The normalized spacial score (nSPS) is 14.9. The Balaban J connectivity index is 2.65. The van der Waals surface area contributed by atoms with Crippen molar-refractivity contribution in [3.8, 4) is 0 Å². The second-order valence-corrected chi connectivity index (χ2v) is 3.86. The van der Waals surface area contributed by atoms with Crippen molar-refractivity contribution in [2.75, 3.05) is 0 Å². The van der Waals surface area contributed by atoms with Gasteiger partial charge in [-0.15, -0.1) is 0 Å². The lowest BCUT2D eigenvalue weighted by Crippen LogP contribution is -2.36. The summed E-state index contributed by atoms with van der Waals surface area (Å²) in [6.45, 7) is 3.27. The maximum Gasteiger partial charge on any atom is 0.264 e. The van der Waals surface area contributed by atoms with Crippen LogP contribution in [-0.2, 0) is 0 Å². The van der Waals surface area contributed by atoms with Crippen molar-refractivity contribution in [2.45, 2.75) is 19.9 Å². The molecular formula is C11H9F2NO2. The van der Waals surface area contributed by atoms with Gasteiger partial charge >= 0.3 is 0 Å². The lowest BCUT2D eigenvalue weighted by atomic mass is 10.1. The van der Waals surface area contributed by atoms with Gasteiger partial charge in [0, 0.05) is 6.04 Å². The zero-order valence-electron chi connectivity index (χ0n) is 8.75. The number of nitrogens with zero attached hydrogens (tertiary/aromatic N) is 1. The zero-order chi connectivity index (χ0) is 12.0. The molecule has 3 nitrogen and oxygen atoms in total. The third-order valence-corrected chi connectivity index (χ3v) is 2.49. The van der Waals surface area contributed by atoms with E-state index in [1.54, 1.807) is 13.8 Å². The highest BCUT2D eigenvalue weighted by molar-refractivity contribution is 6.21. The molecule has 5 heteroatoms. The van der Waals surface area contributed by atoms with E-state index in [9.17, 15) is 18.4 Å². The van der Waals surface area contributed by atoms with E-state index in [1.165, 1.54) is 0 Å². The second-order valence-electron chi connectivity index (χ2n) is 3.86. The van der Waals surface area contributed by atoms with Crippen LogP contribution in [0.4, 0.5) is 8.78 Å². The SMILES string of the molecule is CC(C)N1C(=O)c2ccc(F)c(F)c2C1=O. The molecule has 0 bridgehead atoms. The van der Waals surface area contributed by atoms with Crippen LogP contribution in [-0.4, -0.2) is 22.8 Å². The lowest BCUT2D eigenvalue weighted by Gasteiger charge is -2.17. The first-order chi connectivity index (χ1) is 7.45. The molecule has 1 aliphatic heterocycles. The molecule has 1 aromatic rings. The molecule has 16 heavy (non-hydrogen) atoms. The first-order valence-corrected chi connectivity index (χ1v) is 4.81. The number of hydrogen-bond acceptors (Lipinski definition) is 2. The van der Waals surface area contributed by atoms with Gasteiger partial charge in [0.25, 0.3) is 11.8 Å². The van der Waals surface area contributed by atoms with E-state index in [-0.39, 0.29) is 11.6 Å². The number of halogens is 2. The summed E-state index contributed by atoms with van der Waals surface area (Å²) in [4.78, 5) is 24.4. The van der Waals surface area contributed by atoms with Gasteiger partial charge in [0.1, 0.15) is 0 Å². The number of carbonyl (C=O) groups excluding carboxylic acids is 2. The van der Waals surface area contributed by atoms with E-state index >= 15 is 0 Å². The summed E-state index contributed by atoms with van der Waals surface area (Å²) in [5.74, 6) is -3.72. The number of benzene rings is 1. The smallest absolute Gasteiger partial charge is 0.264 e. The molecule has 1 aromatic carbocycles. The van der Waals surface area contributed by atoms with Crippen LogP contribution < -0.4 is 0 Å². The van der Waals surface area contributed by atoms with Gasteiger partial charge < -0.3 is 0 Å². The predicted octanol–water partition coefficient (Wildman–Crippen LogP) is 1.97. The third-order valence-electron chi connectivity index (χ3n) is 2.49. The van der Waals surface area contributed by atoms with Crippen LogP contribution in [0.5, 0.6) is 0 Å². The minimum absolute atomic E-state index is 0.0717. The molecule has 0 unspecified atom stereocenters. The number of fused-ring (bicyclic) bond motifs is 1. The molecule has 0 fully saturated rings. The molecule has 2 amide bonds. The molecule has 1 aliphatic rings. The van der Waals surface area contributed by atoms with Crippen molar-refractivity contribution in [2.24, 2.45) is 0 Å². The molecule has 1 heterocycles. The maximum atomic E-state index is 13.4. The number of amides is 2. The highest BCUT2D eigenvalue weighted by Crippen LogP contribution is 2.28. The molecule has 2 rings (SSSR count). The van der Waals surface area contributed by atoms with Crippen LogP contribution in [0.1, 0.15) is 34.6 Å². The Kier molecular flexibility index (Phi) is 2.26. The van der Waals surface area contributed by atoms with E-state index in [2.05, 4.69) is 0 Å². The average Bonchev–Trinajstić information content (AvgIpc) is 2.45. The maximum absolute atomic E-state index is 13.4. The summed E-state index contributed by atoms with van der Waals surface area (Å²) in [7, 11) is 0. The average molecular weight is 225 g/mol. The van der Waals surface area contributed by atoms with Gasteiger partial charge in [0.2, 0.25) is 0 Å². The van der Waals surface area contributed by atoms with Crippen molar-refractivity contribution < 1.29 is 18.4 Å². The first kappa shape index (κ1) is 10.7. The molecule has 0 atom stereocenters. The van der Waals surface area contributed by atoms with E-state index in [4.69, 9.17) is 0 Å². The van der Waals surface area contributed by atoms with E-state index < -0.39 is 29.0 Å². The van der Waals surface area contributed by atoms with Gasteiger partial charge in [-0.2, -0.15) is 0 Å². The quantitative estimate of drug-likeness (QED) is 0.685. The zero-order valence-corrected chi connectivity index (χ0v) is 8.75. The lowest BCUT2D eigenvalue weighted by molar-refractivity contribution is 0.0607. The van der Waals surface area contributed by atoms with Gasteiger partial charge in [-0.1, -0.05) is 0 Å². The molecule has 0 aliphatic carbocycles. The minimum Gasteiger partial charge on any atom is -0.272 e. The molecule has 0 radical (unpaired) electrons. The van der Waals surface area contributed by atoms with Crippen LogP contribution in [0.3, 0.4) is 0 Å². The van der Waals surface area contributed by atoms with Crippen molar-refractivity contribution in [3.05, 3.63) is 34.9 Å². The fourth-order valence-corrected chi connectivity index (χ4v) is 1.75. The molecule has 0 N–H and O–H groups in total. The van der Waals surface area contributed by atoms with Gasteiger partial charge in [-0.05, 0) is 26.0 Å². The highest BCUT2D eigenvalue weighted by atomic mass is 19.2. The summed E-state index contributed by atoms with van der Waals surface area (Å²) in [5, 5.41) is 0. The Hall–Kier alpha value is -1.78. The predicted molar refractivity (Wildman–Crippen MR) is 52.0 cm³/mol. The fourth-order valence-electron chi connectivity index (χ4n) is 1.75. The van der Waals surface area contributed by atoms with E-state index in [1.807, 2.05) is 0 Å². The van der Waals surface area contributed by atoms with Gasteiger partial charge in [-0.25, -0.2) is 8.78 Å². The van der Waals surface area contributed by atoms with Crippen LogP contribution >= 0.6 is 0 Å². The van der Waals surface area contributed by atoms with Crippen molar-refractivity contribution in [3.63, 3.8) is 0 Å². The number of carbonyl (C=O) groups is 2. The molecule has 0 saturated heterocycles. The van der Waals surface area contributed by atoms with Gasteiger partial charge in [0.15, 0.2) is 11.6 Å². The number of rotatable bonds is 1. The Morgan fingerprint density at radius 3 is 2.31 bits per heavy atom. The Morgan fingerprint density at radius 2 is 1.75 bits per heavy atom. The van der Waals surface area contributed by atoms with Crippen LogP contribution in [0.25, 0.3) is 0 Å². The van der Waals surface area contributed by atoms with Crippen molar-refractivity contribution >= 4 is 11.8 Å². The van der Waals surface area contributed by atoms with Gasteiger partial charge in [-0.3, -0.25) is 14.5 Å². The van der Waals surface area contributed by atoms with E-state index in [0.717, 1.165) is 17.0 Å². The Bertz CT molecular complexity index is 497. The summed E-state index contributed by atoms with van der Waals surface area (Å²) < 4.78 is 26.3. The van der Waals surface area contributed by atoms with Crippen LogP contribution in [0.2, 0.25) is 0 Å². The molecule has 0 aromatic heterocycles. The topological polar surface area (TPSA) is 37.4 Å². The summed E-state index contributed by atoms with van der Waals surface area (Å²) in [6, 6.07) is 1.61. The number of hydrogen-bond donors (Lipinski definition) is 0. The van der Waals surface area contributed by atoms with Crippen LogP contribution in [0.15, 0.2) is 12.1 Å². The largest absolute Gasteiger partial charge is 0.272 e. The first-order valence-electron chi connectivity index (χ1n) is 4.81. The monoisotopic (exact) mass is 225 g/mol. The standard InChI is InChI=1S/C11H9F2NO2/c1-5(2)14-10(15)6-3-4-7(12)9(13)8(6)11(14)16/h3-5H,1-2H3. The molecular weight excluding hydrogens is 216 g/mol. The van der Waals surface area contributed by atoms with Crippen molar-refractivity contribution in [1.29, 1.82) is 0 Å². The molecule has 84 valence electrons. The summed E-state index contributed by atoms with van der Waals surface area (Å²) >= 11 is 0. The third kappa shape index (κ3) is 1.24. The highest BCUT2D eigenvalue weighted by Gasteiger charge is 2.40. The fraction of sp³-hybridized carbons (Fsp3) is 0.273. The Labute approximate surface area is 90.7 Å².